The molecule has 2 N–H and O–H groups in total. The molecule has 0 bridgehead atoms. The van der Waals surface area contributed by atoms with Crippen LogP contribution in [0.4, 0.5) is 0 Å². The Labute approximate surface area is 57.3 Å². The molecule has 0 rings (SSSR count). The highest BCUT2D eigenvalue weighted by molar-refractivity contribution is 4.67. The maximum absolute atomic E-state index is 8.77. The molecule has 2 heteroatoms. The maximum atomic E-state index is 8.77. The Morgan fingerprint density at radius 2 is 2.00 bits per heavy atom. The van der Waals surface area contributed by atoms with Gasteiger partial charge < -0.3 is 10.4 Å². The van der Waals surface area contributed by atoms with E-state index in [9.17, 15) is 0 Å². The number of hydrogen-bond acceptors (Lipinski definition) is 2. The molecule has 0 spiro atoms. The lowest BCUT2D eigenvalue weighted by Gasteiger charge is -2.18. The predicted octanol–water partition coefficient (Wildman–Crippen LogP) is 0.613. The van der Waals surface area contributed by atoms with E-state index in [1.54, 1.807) is 0 Å². The van der Waals surface area contributed by atoms with E-state index >= 15 is 0 Å². The van der Waals surface area contributed by atoms with Crippen LogP contribution in [0.5, 0.6) is 0 Å². The minimum Gasteiger partial charge on any atom is -0.395 e. The number of likely N-dealkylation sites (N-methyl/N-ethyl adjacent to an activating group) is 1. The number of hydrogen-bond donors (Lipinski definition) is 2. The van der Waals surface area contributed by atoms with E-state index in [2.05, 4.69) is 19.2 Å². The quantitative estimate of drug-likeness (QED) is 0.586. The van der Waals surface area contributed by atoms with E-state index in [1.807, 2.05) is 6.92 Å². The van der Waals surface area contributed by atoms with Gasteiger partial charge >= 0.3 is 0 Å². The summed E-state index contributed by atoms with van der Waals surface area (Å²) < 4.78 is 0. The highest BCUT2D eigenvalue weighted by atomic mass is 16.3. The smallest absolute Gasteiger partial charge is 0.0587 e. The van der Waals surface area contributed by atoms with Gasteiger partial charge in [-0.1, -0.05) is 20.8 Å². The highest BCUT2D eigenvalue weighted by Crippen LogP contribution is 1.98. The highest BCUT2D eigenvalue weighted by Gasteiger charge is 2.08. The van der Waals surface area contributed by atoms with Crippen molar-refractivity contribution in [3.8, 4) is 0 Å². The molecule has 9 heavy (non-hydrogen) atoms. The van der Waals surface area contributed by atoms with Gasteiger partial charge in [-0.05, 0) is 12.5 Å². The zero-order valence-electron chi connectivity index (χ0n) is 6.52. The molecule has 0 aliphatic rings. The van der Waals surface area contributed by atoms with Crippen molar-refractivity contribution in [2.75, 3.05) is 13.2 Å². The van der Waals surface area contributed by atoms with E-state index in [0.717, 1.165) is 6.54 Å². The minimum atomic E-state index is 0.242. The average molecular weight is 131 g/mol. The summed E-state index contributed by atoms with van der Waals surface area (Å²) >= 11 is 0. The molecule has 0 fully saturated rings. The Morgan fingerprint density at radius 3 is 2.11 bits per heavy atom. The molecule has 0 amide bonds. The van der Waals surface area contributed by atoms with Crippen LogP contribution in [0.15, 0.2) is 0 Å². The Balaban J connectivity index is 3.41. The predicted molar refractivity (Wildman–Crippen MR) is 39.4 cm³/mol. The first-order valence-corrected chi connectivity index (χ1v) is 3.56. The minimum absolute atomic E-state index is 0.242. The SMILES string of the molecule is CCNC(CO)C(C)C. The van der Waals surface area contributed by atoms with Gasteiger partial charge in [-0.3, -0.25) is 0 Å². The summed E-state index contributed by atoms with van der Waals surface area (Å²) in [6, 6.07) is 0.273. The summed E-state index contributed by atoms with van der Waals surface area (Å²) in [6.07, 6.45) is 0. The Bertz CT molecular complexity index is 63.9. The van der Waals surface area contributed by atoms with Crippen molar-refractivity contribution in [1.29, 1.82) is 0 Å². The standard InChI is InChI=1S/C7H17NO/c1-4-8-7(5-9)6(2)3/h6-9H,4-5H2,1-3H3. The first-order valence-electron chi connectivity index (χ1n) is 3.56. The normalized spacial score (nSPS) is 14.3. The van der Waals surface area contributed by atoms with Crippen molar-refractivity contribution >= 4 is 0 Å². The molecular formula is C7H17NO. The second kappa shape index (κ2) is 4.77. The third-order valence-corrected chi connectivity index (χ3v) is 1.47. The van der Waals surface area contributed by atoms with Gasteiger partial charge in [-0.15, -0.1) is 0 Å². The van der Waals surface area contributed by atoms with Gasteiger partial charge in [0.15, 0.2) is 0 Å². The molecule has 0 radical (unpaired) electrons. The molecular weight excluding hydrogens is 114 g/mol. The van der Waals surface area contributed by atoms with E-state index < -0.39 is 0 Å². The second-order valence-corrected chi connectivity index (χ2v) is 2.59. The molecule has 56 valence electrons. The van der Waals surface area contributed by atoms with Crippen molar-refractivity contribution in [2.24, 2.45) is 5.92 Å². The molecule has 0 heterocycles. The van der Waals surface area contributed by atoms with Crippen LogP contribution < -0.4 is 5.32 Å². The second-order valence-electron chi connectivity index (χ2n) is 2.59. The van der Waals surface area contributed by atoms with E-state index in [0.29, 0.717) is 5.92 Å². The summed E-state index contributed by atoms with van der Waals surface area (Å²) in [7, 11) is 0. The number of aliphatic hydroxyl groups excluding tert-OH is 1. The van der Waals surface area contributed by atoms with Gasteiger partial charge in [0.1, 0.15) is 0 Å². The lowest BCUT2D eigenvalue weighted by Crippen LogP contribution is -2.36. The van der Waals surface area contributed by atoms with Crippen LogP contribution in [-0.2, 0) is 0 Å². The fourth-order valence-electron chi connectivity index (χ4n) is 0.773. The topological polar surface area (TPSA) is 32.3 Å². The first kappa shape index (κ1) is 8.92. The molecule has 0 saturated heterocycles. The molecule has 0 aliphatic heterocycles. The summed E-state index contributed by atoms with van der Waals surface area (Å²) in [4.78, 5) is 0. The van der Waals surface area contributed by atoms with Crippen LogP contribution in [0.25, 0.3) is 0 Å². The van der Waals surface area contributed by atoms with Crippen molar-refractivity contribution < 1.29 is 5.11 Å². The molecule has 2 nitrogen and oxygen atoms in total. The number of aliphatic hydroxyl groups is 1. The molecule has 0 aromatic carbocycles. The van der Waals surface area contributed by atoms with E-state index in [-0.39, 0.29) is 12.6 Å². The fraction of sp³-hybridized carbons (Fsp3) is 1.00. The Kier molecular flexibility index (Phi) is 4.72. The summed E-state index contributed by atoms with van der Waals surface area (Å²) in [5.74, 6) is 0.523. The van der Waals surface area contributed by atoms with Crippen LogP contribution >= 0.6 is 0 Å². The lowest BCUT2D eigenvalue weighted by molar-refractivity contribution is 0.213. The summed E-state index contributed by atoms with van der Waals surface area (Å²) in [6.45, 7) is 7.42. The lowest BCUT2D eigenvalue weighted by atomic mass is 10.1. The number of rotatable bonds is 4. The van der Waals surface area contributed by atoms with Crippen molar-refractivity contribution in [2.45, 2.75) is 26.8 Å². The van der Waals surface area contributed by atoms with Crippen LogP contribution in [-0.4, -0.2) is 24.3 Å². The monoisotopic (exact) mass is 131 g/mol. The van der Waals surface area contributed by atoms with Crippen LogP contribution in [0.3, 0.4) is 0 Å². The van der Waals surface area contributed by atoms with Gasteiger partial charge in [0.2, 0.25) is 0 Å². The van der Waals surface area contributed by atoms with Crippen molar-refractivity contribution in [3.05, 3.63) is 0 Å². The van der Waals surface area contributed by atoms with Gasteiger partial charge in [0.25, 0.3) is 0 Å². The van der Waals surface area contributed by atoms with Gasteiger partial charge in [-0.2, -0.15) is 0 Å². The largest absolute Gasteiger partial charge is 0.395 e. The van der Waals surface area contributed by atoms with Gasteiger partial charge in [-0.25, -0.2) is 0 Å². The van der Waals surface area contributed by atoms with Crippen molar-refractivity contribution in [3.63, 3.8) is 0 Å². The third kappa shape index (κ3) is 3.49. The van der Waals surface area contributed by atoms with Crippen LogP contribution in [0, 0.1) is 5.92 Å². The third-order valence-electron chi connectivity index (χ3n) is 1.47. The van der Waals surface area contributed by atoms with Gasteiger partial charge in [0, 0.05) is 6.04 Å². The zero-order chi connectivity index (χ0) is 7.28. The molecule has 0 aromatic rings. The summed E-state index contributed by atoms with van der Waals surface area (Å²) in [5.41, 5.74) is 0. The average Bonchev–Trinajstić information content (AvgIpc) is 1.82. The summed E-state index contributed by atoms with van der Waals surface area (Å²) in [5, 5.41) is 11.9. The first-order chi connectivity index (χ1) is 4.22. The molecule has 1 atom stereocenters. The molecule has 0 aromatic heterocycles. The van der Waals surface area contributed by atoms with Gasteiger partial charge in [0.05, 0.1) is 6.61 Å². The number of nitrogens with one attached hydrogen (secondary N) is 1. The van der Waals surface area contributed by atoms with Crippen molar-refractivity contribution in [1.82, 2.24) is 5.32 Å². The maximum Gasteiger partial charge on any atom is 0.0587 e. The zero-order valence-corrected chi connectivity index (χ0v) is 6.52. The Hall–Kier alpha value is -0.0800. The van der Waals surface area contributed by atoms with E-state index in [1.165, 1.54) is 0 Å². The van der Waals surface area contributed by atoms with E-state index in [4.69, 9.17) is 5.11 Å². The van der Waals surface area contributed by atoms with Crippen LogP contribution in [0.1, 0.15) is 20.8 Å². The molecule has 1 unspecified atom stereocenters. The molecule has 0 saturated carbocycles. The van der Waals surface area contributed by atoms with Crippen LogP contribution in [0.2, 0.25) is 0 Å². The molecule has 0 aliphatic carbocycles. The Morgan fingerprint density at radius 1 is 1.44 bits per heavy atom. The fourth-order valence-corrected chi connectivity index (χ4v) is 0.773.